The molecule has 9 heteroatoms. The molecule has 0 saturated heterocycles. The van der Waals surface area contributed by atoms with Crippen molar-refractivity contribution in [3.63, 3.8) is 0 Å². The van der Waals surface area contributed by atoms with Gasteiger partial charge in [0.25, 0.3) is 0 Å². The van der Waals surface area contributed by atoms with Crippen LogP contribution in [0.3, 0.4) is 0 Å². The molecule has 2 aromatic heterocycles. The van der Waals surface area contributed by atoms with Gasteiger partial charge in [0.15, 0.2) is 16.8 Å². The highest BCUT2D eigenvalue weighted by Gasteiger charge is 2.23. The van der Waals surface area contributed by atoms with E-state index in [9.17, 15) is 9.59 Å². The number of thiophene rings is 1. The Bertz CT molecular complexity index is 1270. The Morgan fingerprint density at radius 2 is 1.82 bits per heavy atom. The van der Waals surface area contributed by atoms with Gasteiger partial charge in [-0.25, -0.2) is 0 Å². The number of nitrogens with one attached hydrogen (secondary N) is 1. The second kappa shape index (κ2) is 10.0. The normalized spacial score (nSPS) is 11.7. The fourth-order valence-electron chi connectivity index (χ4n) is 3.19. The number of ketones is 1. The van der Waals surface area contributed by atoms with E-state index in [1.165, 1.54) is 18.7 Å². The standard InChI is InChI=1S/C24H22N4O3S2/c1-15(29)17-10-12-18(13-11-17)25-23(30)16(2)33-24-27-26-22(21-9-6-14-32-21)28(24)19-7-4-5-8-20(19)31-3/h4-14,16H,1-3H3,(H,25,30). The van der Waals surface area contributed by atoms with Gasteiger partial charge in [-0.05, 0) is 61.7 Å². The number of para-hydroxylation sites is 2. The summed E-state index contributed by atoms with van der Waals surface area (Å²) >= 11 is 2.88. The molecule has 1 atom stereocenters. The minimum Gasteiger partial charge on any atom is -0.495 e. The zero-order valence-electron chi connectivity index (χ0n) is 18.3. The molecule has 1 unspecified atom stereocenters. The van der Waals surface area contributed by atoms with E-state index in [0.717, 1.165) is 10.6 Å². The first-order valence-corrected chi connectivity index (χ1v) is 11.9. The predicted molar refractivity (Wildman–Crippen MR) is 132 cm³/mol. The molecule has 0 aliphatic heterocycles. The Labute approximate surface area is 199 Å². The van der Waals surface area contributed by atoms with Crippen LogP contribution in [0.15, 0.2) is 71.2 Å². The summed E-state index contributed by atoms with van der Waals surface area (Å²) in [4.78, 5) is 25.3. The maximum atomic E-state index is 12.9. The molecule has 0 bridgehead atoms. The molecule has 0 aliphatic carbocycles. The maximum Gasteiger partial charge on any atom is 0.237 e. The highest BCUT2D eigenvalue weighted by Crippen LogP contribution is 2.35. The van der Waals surface area contributed by atoms with E-state index in [4.69, 9.17) is 4.74 Å². The fourth-order valence-corrected chi connectivity index (χ4v) is 4.75. The zero-order chi connectivity index (χ0) is 23.4. The minimum atomic E-state index is -0.452. The molecule has 4 aromatic rings. The second-order valence-corrected chi connectivity index (χ2v) is 9.43. The number of hydrogen-bond donors (Lipinski definition) is 1. The molecule has 2 aromatic carbocycles. The van der Waals surface area contributed by atoms with Gasteiger partial charge >= 0.3 is 0 Å². The SMILES string of the molecule is COc1ccccc1-n1c(SC(C)C(=O)Nc2ccc(C(C)=O)cc2)nnc1-c1cccs1. The average Bonchev–Trinajstić information content (AvgIpc) is 3.49. The summed E-state index contributed by atoms with van der Waals surface area (Å²) in [6.07, 6.45) is 0. The molecule has 0 aliphatic rings. The molecule has 0 radical (unpaired) electrons. The fraction of sp³-hybridized carbons (Fsp3) is 0.167. The molecule has 168 valence electrons. The highest BCUT2D eigenvalue weighted by molar-refractivity contribution is 8.00. The van der Waals surface area contributed by atoms with Crippen molar-refractivity contribution in [3.8, 4) is 22.1 Å². The van der Waals surface area contributed by atoms with Gasteiger partial charge in [0.05, 0.1) is 22.9 Å². The zero-order valence-corrected chi connectivity index (χ0v) is 19.9. The van der Waals surface area contributed by atoms with Gasteiger partial charge in [0.2, 0.25) is 5.91 Å². The summed E-state index contributed by atoms with van der Waals surface area (Å²) in [5, 5.41) is 13.8. The molecule has 1 amide bonds. The lowest BCUT2D eigenvalue weighted by atomic mass is 10.1. The lowest BCUT2D eigenvalue weighted by molar-refractivity contribution is -0.115. The molecule has 0 saturated carbocycles. The summed E-state index contributed by atoms with van der Waals surface area (Å²) in [5.74, 6) is 1.17. The van der Waals surface area contributed by atoms with Crippen LogP contribution in [0.1, 0.15) is 24.2 Å². The molecule has 33 heavy (non-hydrogen) atoms. The molecular formula is C24H22N4O3S2. The van der Waals surface area contributed by atoms with Gasteiger partial charge in [-0.15, -0.1) is 21.5 Å². The number of Topliss-reactive ketones (excluding diaryl/α,β-unsaturated/α-hetero) is 1. The van der Waals surface area contributed by atoms with Crippen molar-refractivity contribution in [2.45, 2.75) is 24.3 Å². The van der Waals surface area contributed by atoms with Crippen molar-refractivity contribution in [2.75, 3.05) is 12.4 Å². The molecule has 4 rings (SSSR count). The summed E-state index contributed by atoms with van der Waals surface area (Å²) in [6.45, 7) is 3.32. The van der Waals surface area contributed by atoms with Gasteiger partial charge in [-0.1, -0.05) is 30.0 Å². The van der Waals surface area contributed by atoms with Crippen molar-refractivity contribution in [1.29, 1.82) is 0 Å². The first-order chi connectivity index (χ1) is 16.0. The van der Waals surface area contributed by atoms with Crippen LogP contribution in [-0.4, -0.2) is 38.8 Å². The first-order valence-electron chi connectivity index (χ1n) is 10.2. The highest BCUT2D eigenvalue weighted by atomic mass is 32.2. The third-order valence-electron chi connectivity index (χ3n) is 4.91. The smallest absolute Gasteiger partial charge is 0.237 e. The van der Waals surface area contributed by atoms with Crippen LogP contribution in [0.4, 0.5) is 5.69 Å². The third-order valence-corrected chi connectivity index (χ3v) is 6.82. The molecule has 0 spiro atoms. The van der Waals surface area contributed by atoms with E-state index >= 15 is 0 Å². The third kappa shape index (κ3) is 4.99. The summed E-state index contributed by atoms with van der Waals surface area (Å²) in [6, 6.07) is 18.4. The van der Waals surface area contributed by atoms with Crippen LogP contribution in [0, 0.1) is 0 Å². The number of anilines is 1. The quantitative estimate of drug-likeness (QED) is 0.272. The van der Waals surface area contributed by atoms with Gasteiger partial charge < -0.3 is 10.1 Å². The topological polar surface area (TPSA) is 86.1 Å². The number of benzene rings is 2. The summed E-state index contributed by atoms with van der Waals surface area (Å²) in [7, 11) is 1.62. The Morgan fingerprint density at radius 3 is 2.48 bits per heavy atom. The second-order valence-electron chi connectivity index (χ2n) is 7.17. The number of aromatic nitrogens is 3. The van der Waals surface area contributed by atoms with E-state index in [1.54, 1.807) is 42.7 Å². The Hall–Kier alpha value is -3.43. The number of ether oxygens (including phenoxy) is 1. The van der Waals surface area contributed by atoms with E-state index < -0.39 is 5.25 Å². The molecule has 0 fully saturated rings. The number of thioether (sulfide) groups is 1. The van der Waals surface area contributed by atoms with Crippen molar-refractivity contribution in [3.05, 3.63) is 71.6 Å². The van der Waals surface area contributed by atoms with Crippen molar-refractivity contribution < 1.29 is 14.3 Å². The van der Waals surface area contributed by atoms with Crippen LogP contribution in [0.5, 0.6) is 5.75 Å². The maximum absolute atomic E-state index is 12.9. The Kier molecular flexibility index (Phi) is 6.90. The van der Waals surface area contributed by atoms with Gasteiger partial charge in [-0.3, -0.25) is 14.2 Å². The van der Waals surface area contributed by atoms with Crippen LogP contribution in [0.2, 0.25) is 0 Å². The van der Waals surface area contributed by atoms with Crippen LogP contribution in [0.25, 0.3) is 16.4 Å². The van der Waals surface area contributed by atoms with Crippen molar-refractivity contribution in [1.82, 2.24) is 14.8 Å². The van der Waals surface area contributed by atoms with Crippen LogP contribution in [-0.2, 0) is 4.79 Å². The number of nitrogens with zero attached hydrogens (tertiary/aromatic N) is 3. The molecule has 1 N–H and O–H groups in total. The van der Waals surface area contributed by atoms with Gasteiger partial charge in [-0.2, -0.15) is 0 Å². The average molecular weight is 479 g/mol. The van der Waals surface area contributed by atoms with Gasteiger partial charge in [0.1, 0.15) is 5.75 Å². The molecule has 2 heterocycles. The van der Waals surface area contributed by atoms with E-state index in [-0.39, 0.29) is 11.7 Å². The lowest BCUT2D eigenvalue weighted by Crippen LogP contribution is -2.23. The Balaban J connectivity index is 1.61. The van der Waals surface area contributed by atoms with Gasteiger partial charge in [0, 0.05) is 11.3 Å². The van der Waals surface area contributed by atoms with E-state index in [2.05, 4.69) is 15.5 Å². The lowest BCUT2D eigenvalue weighted by Gasteiger charge is -2.15. The minimum absolute atomic E-state index is 0.0194. The number of amides is 1. The number of rotatable bonds is 8. The number of carbonyl (C=O) groups is 2. The summed E-state index contributed by atoms with van der Waals surface area (Å²) in [5.41, 5.74) is 2.02. The molecular weight excluding hydrogens is 456 g/mol. The summed E-state index contributed by atoms with van der Waals surface area (Å²) < 4.78 is 7.49. The largest absolute Gasteiger partial charge is 0.495 e. The van der Waals surface area contributed by atoms with Crippen LogP contribution < -0.4 is 10.1 Å². The van der Waals surface area contributed by atoms with Crippen molar-refractivity contribution >= 4 is 40.5 Å². The van der Waals surface area contributed by atoms with Crippen molar-refractivity contribution in [2.24, 2.45) is 0 Å². The van der Waals surface area contributed by atoms with Crippen LogP contribution >= 0.6 is 23.1 Å². The van der Waals surface area contributed by atoms with E-state index in [1.807, 2.05) is 53.3 Å². The number of hydrogen-bond acceptors (Lipinski definition) is 7. The number of methoxy groups -OCH3 is 1. The van der Waals surface area contributed by atoms with E-state index in [0.29, 0.717) is 28.0 Å². The monoisotopic (exact) mass is 478 g/mol. The number of carbonyl (C=O) groups excluding carboxylic acids is 2. The molecule has 7 nitrogen and oxygen atoms in total. The Morgan fingerprint density at radius 1 is 1.06 bits per heavy atom. The first kappa shape index (κ1) is 22.8. The predicted octanol–water partition coefficient (Wildman–Crippen LogP) is 5.33.